The molecule has 0 N–H and O–H groups in total. The molecule has 0 heterocycles. The standard InChI is InChI=1S/C20H14N6O4/c27-25(28)19-11-7-17(8-12-19)23-21-15-3-1-2-4-16(6-5-15)22-24-18-9-13-20(14-10-18)26(29)30/h1-14H/b2-1?,3-1-,4-2-,6-5?,15-3?,15-5+,16-4?,16-6+,23-21?,24-22?. The number of hydrogen-bond acceptors (Lipinski definition) is 8. The van der Waals surface area contributed by atoms with Crippen LogP contribution in [-0.4, -0.2) is 9.85 Å². The largest absolute Gasteiger partial charge is 0.269 e. The van der Waals surface area contributed by atoms with Crippen molar-refractivity contribution in [2.24, 2.45) is 20.5 Å². The van der Waals surface area contributed by atoms with Crippen LogP contribution >= 0.6 is 0 Å². The van der Waals surface area contributed by atoms with Gasteiger partial charge in [0.2, 0.25) is 0 Å². The molecule has 2 aromatic carbocycles. The van der Waals surface area contributed by atoms with Crippen molar-refractivity contribution in [1.29, 1.82) is 0 Å². The van der Waals surface area contributed by atoms with Gasteiger partial charge in [0.15, 0.2) is 0 Å². The van der Waals surface area contributed by atoms with Crippen LogP contribution in [0, 0.1) is 20.2 Å². The summed E-state index contributed by atoms with van der Waals surface area (Å²) >= 11 is 0. The molecular formula is C20H14N6O4. The van der Waals surface area contributed by atoms with Gasteiger partial charge in [-0.3, -0.25) is 20.2 Å². The van der Waals surface area contributed by atoms with Gasteiger partial charge in [0, 0.05) is 24.3 Å². The van der Waals surface area contributed by atoms with Crippen molar-refractivity contribution in [2.75, 3.05) is 0 Å². The van der Waals surface area contributed by atoms with Gasteiger partial charge < -0.3 is 0 Å². The molecule has 3 rings (SSSR count). The number of rotatable bonds is 6. The molecule has 30 heavy (non-hydrogen) atoms. The monoisotopic (exact) mass is 402 g/mol. The van der Waals surface area contributed by atoms with E-state index in [4.69, 9.17) is 0 Å². The highest BCUT2D eigenvalue weighted by Crippen LogP contribution is 2.21. The first kappa shape index (κ1) is 20.1. The minimum absolute atomic E-state index is 0.0184. The van der Waals surface area contributed by atoms with Crippen molar-refractivity contribution in [3.8, 4) is 0 Å². The Labute approximate surface area is 170 Å². The van der Waals surface area contributed by atoms with Crippen LogP contribution in [0.5, 0.6) is 0 Å². The van der Waals surface area contributed by atoms with Gasteiger partial charge in [-0.2, -0.15) is 20.5 Å². The Balaban J connectivity index is 1.72. The van der Waals surface area contributed by atoms with Crippen LogP contribution in [0.1, 0.15) is 0 Å². The number of benzene rings is 2. The fraction of sp³-hybridized carbons (Fsp3) is 0. The SMILES string of the molecule is O=[N+]([O-])c1ccc(N=NC2=C/C=C(N=Nc3ccc([N+](=O)[O-])cc3)\C=C/C=C\2)cc1. The smallest absolute Gasteiger partial charge is 0.258 e. The molecule has 0 saturated heterocycles. The van der Waals surface area contributed by atoms with Gasteiger partial charge in [-0.05, 0) is 48.6 Å². The third kappa shape index (κ3) is 5.70. The lowest BCUT2D eigenvalue weighted by Crippen LogP contribution is -1.85. The van der Waals surface area contributed by atoms with Crippen molar-refractivity contribution in [3.05, 3.63) is 117 Å². The summed E-state index contributed by atoms with van der Waals surface area (Å²) < 4.78 is 0. The second kappa shape index (κ2) is 9.55. The van der Waals surface area contributed by atoms with Crippen LogP contribution in [0.15, 0.2) is 117 Å². The third-order valence-corrected chi connectivity index (χ3v) is 3.75. The molecule has 0 saturated carbocycles. The van der Waals surface area contributed by atoms with Crippen molar-refractivity contribution in [3.63, 3.8) is 0 Å². The lowest BCUT2D eigenvalue weighted by Gasteiger charge is -1.97. The van der Waals surface area contributed by atoms with E-state index in [-0.39, 0.29) is 11.4 Å². The molecule has 1 aliphatic rings. The van der Waals surface area contributed by atoms with E-state index in [0.29, 0.717) is 22.8 Å². The normalized spacial score (nSPS) is 19.3. The summed E-state index contributed by atoms with van der Waals surface area (Å²) in [5.41, 5.74) is 2.01. The van der Waals surface area contributed by atoms with E-state index in [1.807, 2.05) is 0 Å². The van der Waals surface area contributed by atoms with Crippen molar-refractivity contribution >= 4 is 22.7 Å². The van der Waals surface area contributed by atoms with Gasteiger partial charge in [0.1, 0.15) is 0 Å². The lowest BCUT2D eigenvalue weighted by atomic mass is 10.2. The molecule has 0 radical (unpaired) electrons. The second-order valence-electron chi connectivity index (χ2n) is 5.85. The molecule has 0 unspecified atom stereocenters. The fourth-order valence-electron chi connectivity index (χ4n) is 2.24. The van der Waals surface area contributed by atoms with E-state index in [2.05, 4.69) is 20.5 Å². The average Bonchev–Trinajstić information content (AvgIpc) is 2.73. The maximum Gasteiger partial charge on any atom is 0.269 e. The van der Waals surface area contributed by atoms with Gasteiger partial charge in [0.25, 0.3) is 11.4 Å². The maximum atomic E-state index is 10.7. The van der Waals surface area contributed by atoms with Crippen molar-refractivity contribution < 1.29 is 9.85 Å². The molecular weight excluding hydrogens is 388 g/mol. The molecule has 0 fully saturated rings. The van der Waals surface area contributed by atoms with E-state index in [1.54, 1.807) is 36.5 Å². The van der Waals surface area contributed by atoms with E-state index in [9.17, 15) is 20.2 Å². The van der Waals surface area contributed by atoms with Crippen LogP contribution in [-0.2, 0) is 0 Å². The van der Waals surface area contributed by atoms with E-state index in [0.717, 1.165) is 0 Å². The van der Waals surface area contributed by atoms with E-state index in [1.165, 1.54) is 48.5 Å². The molecule has 1 aliphatic carbocycles. The van der Waals surface area contributed by atoms with Crippen LogP contribution in [0.4, 0.5) is 22.7 Å². The Kier molecular flexibility index (Phi) is 6.41. The van der Waals surface area contributed by atoms with Gasteiger partial charge in [0.05, 0.1) is 32.6 Å². The zero-order chi connectivity index (χ0) is 21.3. The lowest BCUT2D eigenvalue weighted by molar-refractivity contribution is -0.385. The molecule has 0 bridgehead atoms. The van der Waals surface area contributed by atoms with Gasteiger partial charge in [-0.1, -0.05) is 12.2 Å². The van der Waals surface area contributed by atoms with E-state index < -0.39 is 9.85 Å². The Morgan fingerprint density at radius 2 is 0.933 bits per heavy atom. The summed E-state index contributed by atoms with van der Waals surface area (Å²) in [6.45, 7) is 0. The number of azo groups is 2. The number of nitro groups is 2. The number of nitro benzene ring substituents is 2. The topological polar surface area (TPSA) is 136 Å². The molecule has 0 aliphatic heterocycles. The first-order valence-corrected chi connectivity index (χ1v) is 8.60. The zero-order valence-electron chi connectivity index (χ0n) is 15.4. The summed E-state index contributed by atoms with van der Waals surface area (Å²) in [4.78, 5) is 20.4. The Bertz CT molecular complexity index is 1040. The average molecular weight is 402 g/mol. The fourth-order valence-corrected chi connectivity index (χ4v) is 2.24. The first-order valence-electron chi connectivity index (χ1n) is 8.60. The predicted octanol–water partition coefficient (Wildman–Crippen LogP) is 6.26. The summed E-state index contributed by atoms with van der Waals surface area (Å²) in [6, 6.07) is 11.5. The summed E-state index contributed by atoms with van der Waals surface area (Å²) in [5.74, 6) is 0. The first-order chi connectivity index (χ1) is 14.5. The molecule has 10 heteroatoms. The highest BCUT2D eigenvalue weighted by Gasteiger charge is 2.04. The van der Waals surface area contributed by atoms with Crippen LogP contribution in [0.3, 0.4) is 0 Å². The van der Waals surface area contributed by atoms with Crippen LogP contribution < -0.4 is 0 Å². The Hall–Kier alpha value is -4.60. The number of allylic oxidation sites excluding steroid dienone is 6. The molecule has 0 aromatic heterocycles. The van der Waals surface area contributed by atoms with Crippen molar-refractivity contribution in [2.45, 2.75) is 0 Å². The number of non-ortho nitro benzene ring substituents is 2. The Morgan fingerprint density at radius 1 is 0.567 bits per heavy atom. The highest BCUT2D eigenvalue weighted by atomic mass is 16.6. The van der Waals surface area contributed by atoms with Gasteiger partial charge >= 0.3 is 0 Å². The number of hydrogen-bond donors (Lipinski definition) is 0. The number of nitrogens with zero attached hydrogens (tertiary/aromatic N) is 6. The minimum atomic E-state index is -0.481. The van der Waals surface area contributed by atoms with Crippen molar-refractivity contribution in [1.82, 2.24) is 0 Å². The van der Waals surface area contributed by atoms with Gasteiger partial charge in [-0.25, -0.2) is 0 Å². The third-order valence-electron chi connectivity index (χ3n) is 3.75. The molecule has 0 amide bonds. The molecule has 2 aromatic rings. The quantitative estimate of drug-likeness (QED) is 0.320. The molecule has 0 atom stereocenters. The maximum absolute atomic E-state index is 10.7. The molecule has 10 nitrogen and oxygen atoms in total. The summed E-state index contributed by atoms with van der Waals surface area (Å²) in [7, 11) is 0. The molecule has 148 valence electrons. The van der Waals surface area contributed by atoms with E-state index >= 15 is 0 Å². The highest BCUT2D eigenvalue weighted by molar-refractivity contribution is 5.45. The minimum Gasteiger partial charge on any atom is -0.258 e. The summed E-state index contributed by atoms with van der Waals surface area (Å²) in [6.07, 6.45) is 10.4. The van der Waals surface area contributed by atoms with Gasteiger partial charge in [-0.15, -0.1) is 0 Å². The Morgan fingerprint density at radius 3 is 1.27 bits per heavy atom. The summed E-state index contributed by atoms with van der Waals surface area (Å²) in [5, 5.41) is 37.7. The second-order valence-corrected chi connectivity index (χ2v) is 5.85. The van der Waals surface area contributed by atoms with Crippen LogP contribution in [0.2, 0.25) is 0 Å². The zero-order valence-corrected chi connectivity index (χ0v) is 15.4. The van der Waals surface area contributed by atoms with Crippen LogP contribution in [0.25, 0.3) is 0 Å². The predicted molar refractivity (Wildman–Crippen MR) is 110 cm³/mol. The molecule has 0 spiro atoms.